The lowest BCUT2D eigenvalue weighted by atomic mass is 10.1. The number of amides is 2. The standard InChI is InChI=1S/C13H16ClN3O3/c1-20-13(19)17-6-4-16(5-7-17)12(18)9-2-3-10(14)11(15)8-9/h2-3,8H,4-7,15H2,1H3. The Hall–Kier alpha value is -1.95. The Bertz CT molecular complexity index is 528. The van der Waals surface area contributed by atoms with Gasteiger partial charge in [-0.05, 0) is 18.2 Å². The summed E-state index contributed by atoms with van der Waals surface area (Å²) in [5.41, 5.74) is 6.57. The number of benzene rings is 1. The summed E-state index contributed by atoms with van der Waals surface area (Å²) in [6.45, 7) is 1.86. The van der Waals surface area contributed by atoms with Gasteiger partial charge in [0.05, 0.1) is 17.8 Å². The molecule has 6 nitrogen and oxygen atoms in total. The number of carbonyl (C=O) groups is 2. The average Bonchev–Trinajstić information content (AvgIpc) is 2.48. The topological polar surface area (TPSA) is 75.9 Å². The van der Waals surface area contributed by atoms with Crippen LogP contribution in [0.3, 0.4) is 0 Å². The molecule has 1 saturated heterocycles. The third kappa shape index (κ3) is 2.96. The predicted octanol–water partition coefficient (Wildman–Crippen LogP) is 1.45. The van der Waals surface area contributed by atoms with Crippen molar-refractivity contribution in [2.45, 2.75) is 0 Å². The van der Waals surface area contributed by atoms with Crippen LogP contribution in [0.1, 0.15) is 10.4 Å². The molecular formula is C13H16ClN3O3. The van der Waals surface area contributed by atoms with Gasteiger partial charge in [-0.2, -0.15) is 0 Å². The fourth-order valence-corrected chi connectivity index (χ4v) is 2.20. The number of anilines is 1. The number of nitrogen functional groups attached to an aromatic ring is 1. The second kappa shape index (κ2) is 6.00. The number of nitrogens with two attached hydrogens (primary N) is 1. The smallest absolute Gasteiger partial charge is 0.409 e. The molecule has 1 aliphatic rings. The average molecular weight is 298 g/mol. The molecule has 20 heavy (non-hydrogen) atoms. The molecule has 1 aromatic carbocycles. The summed E-state index contributed by atoms with van der Waals surface area (Å²) in [5.74, 6) is -0.113. The van der Waals surface area contributed by atoms with Gasteiger partial charge < -0.3 is 20.3 Å². The van der Waals surface area contributed by atoms with Crippen LogP contribution in [0.2, 0.25) is 5.02 Å². The molecule has 2 N–H and O–H groups in total. The van der Waals surface area contributed by atoms with Gasteiger partial charge in [0.15, 0.2) is 0 Å². The molecule has 0 unspecified atom stereocenters. The monoisotopic (exact) mass is 297 g/mol. The van der Waals surface area contributed by atoms with Crippen molar-refractivity contribution in [1.29, 1.82) is 0 Å². The Morgan fingerprint density at radius 2 is 1.80 bits per heavy atom. The Morgan fingerprint density at radius 1 is 1.20 bits per heavy atom. The number of nitrogens with zero attached hydrogens (tertiary/aromatic N) is 2. The molecule has 1 heterocycles. The van der Waals surface area contributed by atoms with E-state index in [1.54, 1.807) is 28.0 Å². The molecule has 2 rings (SSSR count). The van der Waals surface area contributed by atoms with Crippen LogP contribution in [0.15, 0.2) is 18.2 Å². The van der Waals surface area contributed by atoms with Crippen LogP contribution in [0.25, 0.3) is 0 Å². The van der Waals surface area contributed by atoms with Gasteiger partial charge in [0, 0.05) is 31.7 Å². The zero-order valence-electron chi connectivity index (χ0n) is 11.1. The van der Waals surface area contributed by atoms with Crippen LogP contribution in [0.4, 0.5) is 10.5 Å². The van der Waals surface area contributed by atoms with Gasteiger partial charge in [-0.15, -0.1) is 0 Å². The molecule has 0 atom stereocenters. The van der Waals surface area contributed by atoms with E-state index in [9.17, 15) is 9.59 Å². The summed E-state index contributed by atoms with van der Waals surface area (Å²) in [6.07, 6.45) is -0.368. The molecule has 0 spiro atoms. The highest BCUT2D eigenvalue weighted by atomic mass is 35.5. The number of hydrogen-bond acceptors (Lipinski definition) is 4. The fourth-order valence-electron chi connectivity index (χ4n) is 2.08. The van der Waals surface area contributed by atoms with Gasteiger partial charge in [0.25, 0.3) is 5.91 Å². The number of hydrogen-bond donors (Lipinski definition) is 1. The van der Waals surface area contributed by atoms with Crippen molar-refractivity contribution in [1.82, 2.24) is 9.80 Å². The minimum absolute atomic E-state index is 0.113. The summed E-state index contributed by atoms with van der Waals surface area (Å²) < 4.78 is 4.65. The number of ether oxygens (including phenoxy) is 1. The van der Waals surface area contributed by atoms with Crippen molar-refractivity contribution in [3.63, 3.8) is 0 Å². The molecule has 0 saturated carbocycles. The third-order valence-electron chi connectivity index (χ3n) is 3.24. The molecule has 0 bridgehead atoms. The lowest BCUT2D eigenvalue weighted by Crippen LogP contribution is -2.50. The Labute approximate surface area is 122 Å². The second-order valence-electron chi connectivity index (χ2n) is 4.49. The van der Waals surface area contributed by atoms with Gasteiger partial charge in [-0.25, -0.2) is 4.79 Å². The summed E-state index contributed by atoms with van der Waals surface area (Å²) in [4.78, 5) is 26.9. The van der Waals surface area contributed by atoms with Crippen molar-refractivity contribution in [3.8, 4) is 0 Å². The lowest BCUT2D eigenvalue weighted by molar-refractivity contribution is 0.0600. The molecule has 2 amide bonds. The van der Waals surface area contributed by atoms with Crippen LogP contribution >= 0.6 is 11.6 Å². The van der Waals surface area contributed by atoms with E-state index < -0.39 is 0 Å². The van der Waals surface area contributed by atoms with Gasteiger partial charge in [0.1, 0.15) is 0 Å². The molecular weight excluding hydrogens is 282 g/mol. The Kier molecular flexibility index (Phi) is 4.34. The summed E-state index contributed by atoms with van der Waals surface area (Å²) >= 11 is 5.83. The highest BCUT2D eigenvalue weighted by Gasteiger charge is 2.25. The second-order valence-corrected chi connectivity index (χ2v) is 4.89. The maximum absolute atomic E-state index is 12.3. The first-order chi connectivity index (χ1) is 9.52. The number of carbonyl (C=O) groups excluding carboxylic acids is 2. The van der Waals surface area contributed by atoms with E-state index in [4.69, 9.17) is 17.3 Å². The first kappa shape index (κ1) is 14.5. The number of methoxy groups -OCH3 is 1. The molecule has 0 radical (unpaired) electrons. The van der Waals surface area contributed by atoms with Crippen molar-refractivity contribution < 1.29 is 14.3 Å². The van der Waals surface area contributed by atoms with E-state index in [1.165, 1.54) is 7.11 Å². The fraction of sp³-hybridized carbons (Fsp3) is 0.385. The van der Waals surface area contributed by atoms with Crippen LogP contribution in [0.5, 0.6) is 0 Å². The van der Waals surface area contributed by atoms with Crippen LogP contribution < -0.4 is 5.73 Å². The summed E-state index contributed by atoms with van der Waals surface area (Å²) in [7, 11) is 1.34. The molecule has 0 aromatic heterocycles. The number of piperazine rings is 1. The van der Waals surface area contributed by atoms with E-state index in [1.807, 2.05) is 0 Å². The van der Waals surface area contributed by atoms with Crippen molar-refractivity contribution in [2.75, 3.05) is 39.0 Å². The van der Waals surface area contributed by atoms with Crippen molar-refractivity contribution in [2.24, 2.45) is 0 Å². The highest BCUT2D eigenvalue weighted by Crippen LogP contribution is 2.20. The molecule has 1 fully saturated rings. The van der Waals surface area contributed by atoms with E-state index in [0.29, 0.717) is 42.5 Å². The number of halogens is 1. The predicted molar refractivity (Wildman–Crippen MR) is 75.7 cm³/mol. The molecule has 108 valence electrons. The highest BCUT2D eigenvalue weighted by molar-refractivity contribution is 6.33. The first-order valence-electron chi connectivity index (χ1n) is 6.20. The SMILES string of the molecule is COC(=O)N1CCN(C(=O)c2ccc(Cl)c(N)c2)CC1. The number of rotatable bonds is 1. The van der Waals surface area contributed by atoms with Crippen LogP contribution in [-0.2, 0) is 4.74 Å². The summed E-state index contributed by atoms with van der Waals surface area (Å²) in [5, 5.41) is 0.428. The Morgan fingerprint density at radius 3 is 2.35 bits per heavy atom. The molecule has 1 aliphatic heterocycles. The Balaban J connectivity index is 2.01. The van der Waals surface area contributed by atoms with Crippen molar-refractivity contribution >= 4 is 29.3 Å². The normalized spacial score (nSPS) is 15.1. The van der Waals surface area contributed by atoms with Gasteiger partial charge in [-0.3, -0.25) is 4.79 Å². The summed E-state index contributed by atoms with van der Waals surface area (Å²) in [6, 6.07) is 4.82. The third-order valence-corrected chi connectivity index (χ3v) is 3.59. The van der Waals surface area contributed by atoms with E-state index in [-0.39, 0.29) is 12.0 Å². The maximum atomic E-state index is 12.3. The van der Waals surface area contributed by atoms with Gasteiger partial charge in [0.2, 0.25) is 0 Å². The minimum Gasteiger partial charge on any atom is -0.453 e. The van der Waals surface area contributed by atoms with Crippen LogP contribution in [0, 0.1) is 0 Å². The zero-order chi connectivity index (χ0) is 14.7. The molecule has 7 heteroatoms. The van der Waals surface area contributed by atoms with Gasteiger partial charge >= 0.3 is 6.09 Å². The molecule has 1 aromatic rings. The van der Waals surface area contributed by atoms with E-state index in [0.717, 1.165) is 0 Å². The van der Waals surface area contributed by atoms with Crippen LogP contribution in [-0.4, -0.2) is 55.1 Å². The van der Waals surface area contributed by atoms with E-state index in [2.05, 4.69) is 4.74 Å². The van der Waals surface area contributed by atoms with Gasteiger partial charge in [-0.1, -0.05) is 11.6 Å². The van der Waals surface area contributed by atoms with Crippen molar-refractivity contribution in [3.05, 3.63) is 28.8 Å². The zero-order valence-corrected chi connectivity index (χ0v) is 11.9. The minimum atomic E-state index is -0.368. The first-order valence-corrected chi connectivity index (χ1v) is 6.58. The lowest BCUT2D eigenvalue weighted by Gasteiger charge is -2.33. The quantitative estimate of drug-likeness (QED) is 0.796. The maximum Gasteiger partial charge on any atom is 0.409 e. The largest absolute Gasteiger partial charge is 0.453 e. The van der Waals surface area contributed by atoms with E-state index >= 15 is 0 Å². The molecule has 0 aliphatic carbocycles.